The molecule has 1 saturated carbocycles. The first-order valence-corrected chi connectivity index (χ1v) is 8.50. The molecule has 20 heavy (non-hydrogen) atoms. The van der Waals surface area contributed by atoms with E-state index in [4.69, 9.17) is 4.99 Å². The van der Waals surface area contributed by atoms with Gasteiger partial charge in [-0.15, -0.1) is 0 Å². The van der Waals surface area contributed by atoms with Gasteiger partial charge >= 0.3 is 0 Å². The molecule has 2 aliphatic rings. The molecule has 1 saturated heterocycles. The average molecular weight is 289 g/mol. The Balaban J connectivity index is 1.62. The minimum atomic E-state index is 0.333. The highest BCUT2D eigenvalue weighted by Gasteiger charge is 2.39. The van der Waals surface area contributed by atoms with Crippen LogP contribution in [-0.2, 0) is 6.54 Å². The zero-order valence-corrected chi connectivity index (χ0v) is 13.2. The Kier molecular flexibility index (Phi) is 4.01. The highest BCUT2D eigenvalue weighted by Crippen LogP contribution is 2.38. The van der Waals surface area contributed by atoms with Crippen molar-refractivity contribution in [3.63, 3.8) is 0 Å². The summed E-state index contributed by atoms with van der Waals surface area (Å²) in [6.45, 7) is 5.23. The Morgan fingerprint density at radius 2 is 2.25 bits per heavy atom. The SMILES string of the molecule is Cc1ccncc1CN=C1NC2(CCC(C)CC2)CS1. The van der Waals surface area contributed by atoms with E-state index in [-0.39, 0.29) is 0 Å². The summed E-state index contributed by atoms with van der Waals surface area (Å²) in [5.41, 5.74) is 2.83. The van der Waals surface area contributed by atoms with Crippen molar-refractivity contribution < 1.29 is 0 Å². The smallest absolute Gasteiger partial charge is 0.157 e. The van der Waals surface area contributed by atoms with Crippen molar-refractivity contribution in [2.24, 2.45) is 10.9 Å². The van der Waals surface area contributed by atoms with E-state index in [0.29, 0.717) is 5.54 Å². The maximum Gasteiger partial charge on any atom is 0.157 e. The third kappa shape index (κ3) is 3.00. The fourth-order valence-electron chi connectivity index (χ4n) is 2.99. The lowest BCUT2D eigenvalue weighted by molar-refractivity contribution is 0.251. The van der Waals surface area contributed by atoms with Gasteiger partial charge in [0.2, 0.25) is 0 Å². The molecule has 0 unspecified atom stereocenters. The number of pyridine rings is 1. The average Bonchev–Trinajstić information content (AvgIpc) is 2.85. The minimum Gasteiger partial charge on any atom is -0.359 e. The third-order valence-electron chi connectivity index (χ3n) is 4.63. The lowest BCUT2D eigenvalue weighted by Gasteiger charge is -2.35. The summed E-state index contributed by atoms with van der Waals surface area (Å²) in [5.74, 6) is 2.08. The van der Waals surface area contributed by atoms with Crippen LogP contribution in [0.4, 0.5) is 0 Å². The molecule has 3 nitrogen and oxygen atoms in total. The number of amidine groups is 1. The summed E-state index contributed by atoms with van der Waals surface area (Å²) in [6, 6.07) is 2.05. The highest BCUT2D eigenvalue weighted by atomic mass is 32.2. The molecule has 0 atom stereocenters. The van der Waals surface area contributed by atoms with E-state index in [0.717, 1.165) is 17.6 Å². The van der Waals surface area contributed by atoms with Gasteiger partial charge in [0.1, 0.15) is 0 Å². The van der Waals surface area contributed by atoms with Crippen molar-refractivity contribution in [2.75, 3.05) is 5.75 Å². The van der Waals surface area contributed by atoms with Gasteiger partial charge in [-0.2, -0.15) is 0 Å². The molecule has 1 N–H and O–H groups in total. The van der Waals surface area contributed by atoms with Crippen LogP contribution in [0.1, 0.15) is 43.7 Å². The van der Waals surface area contributed by atoms with Crippen LogP contribution in [0.3, 0.4) is 0 Å². The lowest BCUT2D eigenvalue weighted by Crippen LogP contribution is -2.46. The van der Waals surface area contributed by atoms with Crippen molar-refractivity contribution >= 4 is 16.9 Å². The third-order valence-corrected chi connectivity index (χ3v) is 5.83. The minimum absolute atomic E-state index is 0.333. The maximum absolute atomic E-state index is 4.75. The van der Waals surface area contributed by atoms with Crippen LogP contribution in [0.15, 0.2) is 23.5 Å². The van der Waals surface area contributed by atoms with Crippen molar-refractivity contribution in [2.45, 2.75) is 51.6 Å². The van der Waals surface area contributed by atoms with Gasteiger partial charge in [0, 0.05) is 23.7 Å². The summed E-state index contributed by atoms with van der Waals surface area (Å²) in [5, 5.41) is 4.84. The largest absolute Gasteiger partial charge is 0.359 e. The zero-order valence-electron chi connectivity index (χ0n) is 12.4. The van der Waals surface area contributed by atoms with E-state index < -0.39 is 0 Å². The Morgan fingerprint density at radius 1 is 1.45 bits per heavy atom. The van der Waals surface area contributed by atoms with Crippen molar-refractivity contribution in [1.82, 2.24) is 10.3 Å². The number of nitrogens with one attached hydrogen (secondary N) is 1. The number of hydrogen-bond donors (Lipinski definition) is 1. The van der Waals surface area contributed by atoms with Crippen LogP contribution in [0.25, 0.3) is 0 Å². The topological polar surface area (TPSA) is 37.3 Å². The molecule has 4 heteroatoms. The molecule has 1 aromatic rings. The van der Waals surface area contributed by atoms with Gasteiger partial charge in [0.25, 0.3) is 0 Å². The van der Waals surface area contributed by atoms with Gasteiger partial charge in [0.15, 0.2) is 5.17 Å². The van der Waals surface area contributed by atoms with Gasteiger partial charge in [0.05, 0.1) is 6.54 Å². The van der Waals surface area contributed by atoms with Gasteiger partial charge in [-0.3, -0.25) is 9.98 Å². The highest BCUT2D eigenvalue weighted by molar-refractivity contribution is 8.14. The molecule has 1 spiro atoms. The molecule has 3 rings (SSSR count). The van der Waals surface area contributed by atoms with Gasteiger partial charge in [-0.05, 0) is 55.7 Å². The molecular weight excluding hydrogens is 266 g/mol. The van der Waals surface area contributed by atoms with Crippen molar-refractivity contribution in [3.8, 4) is 0 Å². The van der Waals surface area contributed by atoms with E-state index in [1.807, 2.05) is 24.2 Å². The van der Waals surface area contributed by atoms with Gasteiger partial charge in [-0.1, -0.05) is 18.7 Å². The van der Waals surface area contributed by atoms with Crippen molar-refractivity contribution in [1.29, 1.82) is 0 Å². The number of rotatable bonds is 2. The Morgan fingerprint density at radius 3 is 3.00 bits per heavy atom. The van der Waals surface area contributed by atoms with Gasteiger partial charge in [-0.25, -0.2) is 0 Å². The Labute approximate surface area is 125 Å². The molecule has 108 valence electrons. The van der Waals surface area contributed by atoms with Crippen LogP contribution in [-0.4, -0.2) is 21.4 Å². The second kappa shape index (κ2) is 5.76. The predicted molar refractivity (Wildman–Crippen MR) is 86.1 cm³/mol. The summed E-state index contributed by atoms with van der Waals surface area (Å²) >= 11 is 1.89. The first-order valence-electron chi connectivity index (χ1n) is 7.52. The molecular formula is C16H23N3S. The van der Waals surface area contributed by atoms with Crippen LogP contribution in [0, 0.1) is 12.8 Å². The molecule has 0 bridgehead atoms. The fourth-order valence-corrected chi connectivity index (χ4v) is 4.21. The number of nitrogens with zero attached hydrogens (tertiary/aromatic N) is 2. The summed E-state index contributed by atoms with van der Waals surface area (Å²) < 4.78 is 0. The molecule has 1 aliphatic heterocycles. The Bertz CT molecular complexity index is 504. The molecule has 1 aromatic heterocycles. The van der Waals surface area contributed by atoms with E-state index in [1.54, 1.807) is 0 Å². The predicted octanol–water partition coefficient (Wildman–Crippen LogP) is 3.53. The number of thioether (sulfide) groups is 1. The van der Waals surface area contributed by atoms with Crippen LogP contribution >= 0.6 is 11.8 Å². The van der Waals surface area contributed by atoms with Gasteiger partial charge < -0.3 is 5.32 Å². The first-order chi connectivity index (χ1) is 9.67. The molecule has 2 heterocycles. The van der Waals surface area contributed by atoms with Crippen LogP contribution in [0.2, 0.25) is 0 Å². The number of aromatic nitrogens is 1. The standard InChI is InChI=1S/C16H23N3S/c1-12-3-6-16(7-4-12)11-20-15(19-16)18-10-14-9-17-8-5-13(14)2/h5,8-9,12H,3-4,6-7,10-11H2,1-2H3,(H,18,19). The maximum atomic E-state index is 4.75. The second-order valence-corrected chi connectivity index (χ2v) is 7.26. The summed E-state index contributed by atoms with van der Waals surface area (Å²) in [7, 11) is 0. The fraction of sp³-hybridized carbons (Fsp3) is 0.625. The number of hydrogen-bond acceptors (Lipinski definition) is 3. The molecule has 0 aromatic carbocycles. The number of aryl methyl sites for hydroxylation is 1. The van der Waals surface area contributed by atoms with E-state index in [9.17, 15) is 0 Å². The summed E-state index contributed by atoms with van der Waals surface area (Å²) in [6.07, 6.45) is 9.06. The normalized spacial score (nSPS) is 31.7. The van der Waals surface area contributed by atoms with E-state index >= 15 is 0 Å². The molecule has 1 aliphatic carbocycles. The molecule has 2 fully saturated rings. The second-order valence-electron chi connectivity index (χ2n) is 6.30. The van der Waals surface area contributed by atoms with Crippen molar-refractivity contribution in [3.05, 3.63) is 29.6 Å². The number of aliphatic imine (C=N–C) groups is 1. The quantitative estimate of drug-likeness (QED) is 0.905. The Hall–Kier alpha value is -1.03. The summed E-state index contributed by atoms with van der Waals surface area (Å²) in [4.78, 5) is 8.94. The van der Waals surface area contributed by atoms with E-state index in [1.165, 1.54) is 42.6 Å². The zero-order chi connectivity index (χ0) is 14.0. The first kappa shape index (κ1) is 13.9. The monoisotopic (exact) mass is 289 g/mol. The van der Waals surface area contributed by atoms with Crippen LogP contribution in [0.5, 0.6) is 0 Å². The molecule has 0 amide bonds. The van der Waals surface area contributed by atoms with E-state index in [2.05, 4.69) is 30.2 Å². The molecule has 0 radical (unpaired) electrons. The lowest BCUT2D eigenvalue weighted by atomic mass is 9.78. The van der Waals surface area contributed by atoms with Crippen LogP contribution < -0.4 is 5.32 Å².